The molecule has 0 amide bonds. The van der Waals surface area contributed by atoms with Crippen LogP contribution >= 0.6 is 0 Å². The fourth-order valence-corrected chi connectivity index (χ4v) is 6.99. The Bertz CT molecular complexity index is 601. The van der Waals surface area contributed by atoms with Crippen molar-refractivity contribution >= 4 is 11.8 Å². The summed E-state index contributed by atoms with van der Waals surface area (Å²) in [5.41, 5.74) is -0.230. The molecule has 140 valence electrons. The quantitative estimate of drug-likeness (QED) is 0.674. The first-order valence-corrected chi connectivity index (χ1v) is 10.0. The Morgan fingerprint density at radius 3 is 2.60 bits per heavy atom. The minimum atomic E-state index is -0.233. The molecule has 3 aliphatic carbocycles. The lowest BCUT2D eigenvalue weighted by Crippen LogP contribution is -2.64. The molecule has 1 saturated heterocycles. The van der Waals surface area contributed by atoms with E-state index in [9.17, 15) is 9.59 Å². The Hall–Kier alpha value is -0.900. The van der Waals surface area contributed by atoms with Gasteiger partial charge in [-0.1, -0.05) is 13.8 Å². The zero-order valence-electron chi connectivity index (χ0n) is 16.1. The predicted octanol–water partition coefficient (Wildman–Crippen LogP) is 3.91. The zero-order valence-corrected chi connectivity index (χ0v) is 16.1. The molecule has 4 fully saturated rings. The number of Topliss-reactive ketones (excluding diaryl/α,β-unsaturated/α-hetero) is 1. The van der Waals surface area contributed by atoms with Gasteiger partial charge in [-0.25, -0.2) is 0 Å². The molecule has 0 N–H and O–H groups in total. The van der Waals surface area contributed by atoms with Gasteiger partial charge in [-0.15, -0.1) is 0 Å². The van der Waals surface area contributed by atoms with E-state index in [0.29, 0.717) is 23.5 Å². The summed E-state index contributed by atoms with van der Waals surface area (Å²) in [6, 6.07) is 0. The van der Waals surface area contributed by atoms with Crippen LogP contribution in [0.2, 0.25) is 0 Å². The topological polar surface area (TPSA) is 52.6 Å². The maximum absolute atomic E-state index is 12.5. The van der Waals surface area contributed by atoms with Gasteiger partial charge in [0.1, 0.15) is 11.9 Å². The predicted molar refractivity (Wildman–Crippen MR) is 93.9 cm³/mol. The van der Waals surface area contributed by atoms with Gasteiger partial charge in [-0.2, -0.15) is 0 Å². The molecule has 0 aromatic rings. The van der Waals surface area contributed by atoms with Gasteiger partial charge < -0.3 is 9.47 Å². The average molecular weight is 348 g/mol. The molecule has 0 bridgehead atoms. The molecule has 25 heavy (non-hydrogen) atoms. The standard InChI is InChI=1S/C21H32O4/c1-13(22)25-14-7-10-20(3)17-8-9-19(2)16(5-6-18(19)23)15(17)12-24-21(20,4)11-14/h14-17H,5-12H2,1-4H3/t14?,15?,16?,17?,19?,20?,21-/m0/s1. The lowest BCUT2D eigenvalue weighted by atomic mass is 9.47. The molecule has 6 unspecified atom stereocenters. The number of esters is 1. The molecule has 0 aromatic heterocycles. The monoisotopic (exact) mass is 348 g/mol. The molecule has 1 aliphatic heterocycles. The smallest absolute Gasteiger partial charge is 0.302 e. The summed E-state index contributed by atoms with van der Waals surface area (Å²) < 4.78 is 12.1. The number of carbonyl (C=O) groups is 2. The molecule has 0 radical (unpaired) electrons. The highest BCUT2D eigenvalue weighted by atomic mass is 16.5. The van der Waals surface area contributed by atoms with Crippen LogP contribution in [0.3, 0.4) is 0 Å². The minimum Gasteiger partial charge on any atom is -0.462 e. The van der Waals surface area contributed by atoms with Crippen molar-refractivity contribution in [3.8, 4) is 0 Å². The maximum Gasteiger partial charge on any atom is 0.302 e. The van der Waals surface area contributed by atoms with Gasteiger partial charge in [0.05, 0.1) is 12.2 Å². The van der Waals surface area contributed by atoms with Gasteiger partial charge in [0.25, 0.3) is 0 Å². The maximum atomic E-state index is 12.5. The Labute approximate surface area is 151 Å². The first-order valence-electron chi connectivity index (χ1n) is 10.0. The van der Waals surface area contributed by atoms with Crippen molar-refractivity contribution in [3.63, 3.8) is 0 Å². The van der Waals surface area contributed by atoms with E-state index in [1.807, 2.05) is 0 Å². The molecule has 7 atom stereocenters. The third-order valence-corrected chi connectivity index (χ3v) is 8.70. The summed E-state index contributed by atoms with van der Waals surface area (Å²) >= 11 is 0. The van der Waals surface area contributed by atoms with Gasteiger partial charge in [0, 0.05) is 25.2 Å². The van der Waals surface area contributed by atoms with Crippen LogP contribution in [0.4, 0.5) is 0 Å². The number of ketones is 1. The molecule has 0 aromatic carbocycles. The highest BCUT2D eigenvalue weighted by Crippen LogP contribution is 2.65. The second kappa shape index (κ2) is 5.55. The third kappa shape index (κ3) is 2.35. The minimum absolute atomic E-state index is 0.0194. The van der Waals surface area contributed by atoms with Crippen LogP contribution in [-0.4, -0.2) is 30.1 Å². The number of carbonyl (C=O) groups excluding carboxylic acids is 2. The molecular weight excluding hydrogens is 316 g/mol. The molecule has 4 heteroatoms. The number of hydrogen-bond acceptors (Lipinski definition) is 4. The van der Waals surface area contributed by atoms with Crippen molar-refractivity contribution in [1.82, 2.24) is 0 Å². The van der Waals surface area contributed by atoms with E-state index >= 15 is 0 Å². The van der Waals surface area contributed by atoms with E-state index in [-0.39, 0.29) is 28.5 Å². The van der Waals surface area contributed by atoms with Crippen LogP contribution in [0.25, 0.3) is 0 Å². The highest BCUT2D eigenvalue weighted by molar-refractivity contribution is 5.87. The summed E-state index contributed by atoms with van der Waals surface area (Å²) in [4.78, 5) is 23.9. The Morgan fingerprint density at radius 2 is 1.88 bits per heavy atom. The molecule has 4 rings (SSSR count). The van der Waals surface area contributed by atoms with Crippen molar-refractivity contribution in [2.75, 3.05) is 6.61 Å². The van der Waals surface area contributed by atoms with Crippen molar-refractivity contribution in [2.24, 2.45) is 28.6 Å². The first kappa shape index (κ1) is 17.5. The number of ether oxygens (including phenoxy) is 2. The highest BCUT2D eigenvalue weighted by Gasteiger charge is 2.64. The van der Waals surface area contributed by atoms with Crippen LogP contribution in [-0.2, 0) is 19.1 Å². The fourth-order valence-electron chi connectivity index (χ4n) is 6.99. The van der Waals surface area contributed by atoms with E-state index in [4.69, 9.17) is 9.47 Å². The van der Waals surface area contributed by atoms with E-state index in [1.54, 1.807) is 0 Å². The van der Waals surface area contributed by atoms with Crippen molar-refractivity contribution in [3.05, 3.63) is 0 Å². The van der Waals surface area contributed by atoms with Crippen LogP contribution in [0.5, 0.6) is 0 Å². The third-order valence-electron chi connectivity index (χ3n) is 8.70. The Kier molecular flexibility index (Phi) is 3.89. The Balaban J connectivity index is 1.60. The summed E-state index contributed by atoms with van der Waals surface area (Å²) in [7, 11) is 0. The SMILES string of the molecule is CC(=O)OC1CCC2(C)C3CCC4(C)C(=O)CCC4C3CO[C@@]2(C)C1. The van der Waals surface area contributed by atoms with Crippen LogP contribution in [0, 0.1) is 28.6 Å². The molecule has 3 saturated carbocycles. The number of fused-ring (bicyclic) bond motifs is 5. The normalized spacial score (nSPS) is 52.1. The lowest BCUT2D eigenvalue weighted by Gasteiger charge is -2.63. The summed E-state index contributed by atoms with van der Waals surface area (Å²) in [5, 5.41) is 0. The van der Waals surface area contributed by atoms with E-state index < -0.39 is 0 Å². The van der Waals surface area contributed by atoms with Crippen molar-refractivity contribution in [1.29, 1.82) is 0 Å². The zero-order chi connectivity index (χ0) is 18.0. The molecule has 4 aliphatic rings. The largest absolute Gasteiger partial charge is 0.462 e. The molecule has 0 spiro atoms. The molecule has 4 nitrogen and oxygen atoms in total. The van der Waals surface area contributed by atoms with Gasteiger partial charge in [-0.3, -0.25) is 9.59 Å². The second-order valence-electron chi connectivity index (χ2n) is 9.73. The van der Waals surface area contributed by atoms with Crippen molar-refractivity contribution < 1.29 is 19.1 Å². The number of hydrogen-bond donors (Lipinski definition) is 0. The second-order valence-corrected chi connectivity index (χ2v) is 9.73. The van der Waals surface area contributed by atoms with Crippen LogP contribution in [0.1, 0.15) is 72.6 Å². The van der Waals surface area contributed by atoms with Gasteiger partial charge in [-0.05, 0) is 62.2 Å². The summed E-state index contributed by atoms with van der Waals surface area (Å²) in [6.45, 7) is 9.08. The van der Waals surface area contributed by atoms with Gasteiger partial charge >= 0.3 is 5.97 Å². The average Bonchev–Trinajstić information content (AvgIpc) is 2.84. The van der Waals surface area contributed by atoms with Crippen LogP contribution < -0.4 is 0 Å². The molecular formula is C21H32O4. The van der Waals surface area contributed by atoms with E-state index in [0.717, 1.165) is 51.6 Å². The van der Waals surface area contributed by atoms with E-state index in [2.05, 4.69) is 20.8 Å². The Morgan fingerprint density at radius 1 is 1.12 bits per heavy atom. The molecule has 1 heterocycles. The lowest BCUT2D eigenvalue weighted by molar-refractivity contribution is -0.260. The van der Waals surface area contributed by atoms with Crippen molar-refractivity contribution in [2.45, 2.75) is 84.3 Å². The van der Waals surface area contributed by atoms with Gasteiger partial charge in [0.2, 0.25) is 0 Å². The summed E-state index contributed by atoms with van der Waals surface area (Å²) in [5.74, 6) is 1.91. The number of rotatable bonds is 1. The van der Waals surface area contributed by atoms with Crippen LogP contribution in [0.15, 0.2) is 0 Å². The summed E-state index contributed by atoms with van der Waals surface area (Å²) in [6.07, 6.45) is 6.73. The first-order chi connectivity index (χ1) is 11.7. The fraction of sp³-hybridized carbons (Fsp3) is 0.905. The van der Waals surface area contributed by atoms with Gasteiger partial charge in [0.15, 0.2) is 0 Å². The van der Waals surface area contributed by atoms with E-state index in [1.165, 1.54) is 6.92 Å².